The molecule has 0 spiro atoms. The first-order valence-electron chi connectivity index (χ1n) is 6.44. The molecule has 0 aromatic heterocycles. The highest BCUT2D eigenvalue weighted by Crippen LogP contribution is 2.36. The monoisotopic (exact) mass is 297 g/mol. The average Bonchev–Trinajstić information content (AvgIpc) is 2.79. The molecule has 0 radical (unpaired) electrons. The molecule has 2 amide bonds. The molecule has 1 heterocycles. The number of phenolic OH excluding ortho intramolecular Hbond substituents is 1. The van der Waals surface area contributed by atoms with Crippen molar-refractivity contribution in [2.75, 3.05) is 12.0 Å². The lowest BCUT2D eigenvalue weighted by Gasteiger charge is -2.16. The van der Waals surface area contributed by atoms with Crippen LogP contribution in [0.4, 0.5) is 5.69 Å². The van der Waals surface area contributed by atoms with E-state index in [2.05, 4.69) is 4.74 Å². The van der Waals surface area contributed by atoms with Gasteiger partial charge >= 0.3 is 5.97 Å². The SMILES string of the molecule is COC(=O)c1cccc(N2C(=O)c3ccccc3C2=O)c1O. The first-order chi connectivity index (χ1) is 10.6. The standard InChI is InChI=1S/C16H11NO5/c1-22-16(21)11-7-4-8-12(13(11)18)17-14(19)9-5-2-3-6-10(9)15(17)20/h2-8,18H,1H3. The molecule has 1 aliphatic rings. The number of anilines is 1. The van der Waals surface area contributed by atoms with Gasteiger partial charge in [0, 0.05) is 0 Å². The van der Waals surface area contributed by atoms with Crippen LogP contribution in [0.15, 0.2) is 42.5 Å². The lowest BCUT2D eigenvalue weighted by atomic mass is 10.1. The quantitative estimate of drug-likeness (QED) is 0.677. The molecule has 1 aliphatic heterocycles. The van der Waals surface area contributed by atoms with Gasteiger partial charge in [0.2, 0.25) is 0 Å². The van der Waals surface area contributed by atoms with Crippen LogP contribution in [0.1, 0.15) is 31.1 Å². The van der Waals surface area contributed by atoms with Gasteiger partial charge in [-0.2, -0.15) is 0 Å². The molecule has 2 aromatic carbocycles. The molecule has 0 bridgehead atoms. The van der Waals surface area contributed by atoms with Gasteiger partial charge in [-0.25, -0.2) is 9.69 Å². The van der Waals surface area contributed by atoms with Crippen LogP contribution < -0.4 is 4.90 Å². The van der Waals surface area contributed by atoms with Crippen LogP contribution in [0, 0.1) is 0 Å². The van der Waals surface area contributed by atoms with Crippen molar-refractivity contribution >= 4 is 23.5 Å². The number of ether oxygens (including phenoxy) is 1. The molecule has 3 rings (SSSR count). The van der Waals surface area contributed by atoms with Gasteiger partial charge < -0.3 is 9.84 Å². The normalized spacial score (nSPS) is 13.2. The van der Waals surface area contributed by atoms with E-state index in [0.717, 1.165) is 4.90 Å². The molecule has 6 nitrogen and oxygen atoms in total. The zero-order chi connectivity index (χ0) is 15.9. The Kier molecular flexibility index (Phi) is 3.14. The maximum atomic E-state index is 12.4. The topological polar surface area (TPSA) is 83.9 Å². The van der Waals surface area contributed by atoms with Gasteiger partial charge in [-0.05, 0) is 24.3 Å². The highest BCUT2D eigenvalue weighted by Gasteiger charge is 2.38. The summed E-state index contributed by atoms with van der Waals surface area (Å²) in [4.78, 5) is 37.2. The van der Waals surface area contributed by atoms with Crippen molar-refractivity contribution in [2.24, 2.45) is 0 Å². The van der Waals surface area contributed by atoms with Crippen molar-refractivity contribution in [2.45, 2.75) is 0 Å². The Morgan fingerprint density at radius 1 is 1.00 bits per heavy atom. The number of benzene rings is 2. The Labute approximate surface area is 125 Å². The summed E-state index contributed by atoms with van der Waals surface area (Å²) in [7, 11) is 1.18. The number of amides is 2. The number of carbonyl (C=O) groups is 3. The minimum Gasteiger partial charge on any atom is -0.505 e. The number of para-hydroxylation sites is 1. The second-order valence-corrected chi connectivity index (χ2v) is 4.66. The molecule has 0 aliphatic carbocycles. The lowest BCUT2D eigenvalue weighted by molar-refractivity contribution is 0.0596. The summed E-state index contributed by atoms with van der Waals surface area (Å²) >= 11 is 0. The van der Waals surface area contributed by atoms with Gasteiger partial charge in [0.1, 0.15) is 5.56 Å². The predicted molar refractivity (Wildman–Crippen MR) is 77.0 cm³/mol. The Morgan fingerprint density at radius 3 is 2.14 bits per heavy atom. The summed E-state index contributed by atoms with van der Waals surface area (Å²) in [6.45, 7) is 0. The van der Waals surface area contributed by atoms with E-state index in [1.165, 1.54) is 37.4 Å². The number of methoxy groups -OCH3 is 1. The number of fused-ring (bicyclic) bond motifs is 1. The van der Waals surface area contributed by atoms with Gasteiger partial charge in [0.25, 0.3) is 11.8 Å². The second kappa shape index (κ2) is 5.00. The molecule has 110 valence electrons. The van der Waals surface area contributed by atoms with Crippen LogP contribution in [0.5, 0.6) is 5.75 Å². The molecule has 6 heteroatoms. The van der Waals surface area contributed by atoms with Crippen LogP contribution in [-0.2, 0) is 4.74 Å². The summed E-state index contributed by atoms with van der Waals surface area (Å²) in [5.41, 5.74) is 0.358. The van der Waals surface area contributed by atoms with Crippen LogP contribution in [-0.4, -0.2) is 30.0 Å². The number of carbonyl (C=O) groups excluding carboxylic acids is 3. The molecular formula is C16H11NO5. The maximum absolute atomic E-state index is 12.4. The van der Waals surface area contributed by atoms with Gasteiger partial charge in [-0.15, -0.1) is 0 Å². The molecule has 0 atom stereocenters. The van der Waals surface area contributed by atoms with E-state index in [4.69, 9.17) is 0 Å². The van der Waals surface area contributed by atoms with Gasteiger partial charge in [0.15, 0.2) is 5.75 Å². The van der Waals surface area contributed by atoms with Crippen molar-refractivity contribution in [1.29, 1.82) is 0 Å². The van der Waals surface area contributed by atoms with Crippen LogP contribution in [0.2, 0.25) is 0 Å². The van der Waals surface area contributed by atoms with Crippen molar-refractivity contribution in [3.8, 4) is 5.75 Å². The molecular weight excluding hydrogens is 286 g/mol. The molecule has 22 heavy (non-hydrogen) atoms. The number of nitrogens with zero attached hydrogens (tertiary/aromatic N) is 1. The van der Waals surface area contributed by atoms with E-state index in [9.17, 15) is 19.5 Å². The molecule has 0 unspecified atom stereocenters. The van der Waals surface area contributed by atoms with E-state index in [1.54, 1.807) is 12.1 Å². The third-order valence-corrected chi connectivity index (χ3v) is 3.46. The smallest absolute Gasteiger partial charge is 0.341 e. The predicted octanol–water partition coefficient (Wildman–Crippen LogP) is 1.98. The number of hydrogen-bond donors (Lipinski definition) is 1. The number of aromatic hydroxyl groups is 1. The number of imide groups is 1. The first-order valence-corrected chi connectivity index (χ1v) is 6.44. The molecule has 2 aromatic rings. The van der Waals surface area contributed by atoms with E-state index >= 15 is 0 Å². The van der Waals surface area contributed by atoms with E-state index in [0.29, 0.717) is 0 Å². The minimum atomic E-state index is -0.754. The number of esters is 1. The average molecular weight is 297 g/mol. The highest BCUT2D eigenvalue weighted by atomic mass is 16.5. The van der Waals surface area contributed by atoms with E-state index < -0.39 is 23.5 Å². The fourth-order valence-corrected chi connectivity index (χ4v) is 2.39. The molecule has 0 saturated heterocycles. The molecule has 0 fully saturated rings. The summed E-state index contributed by atoms with van der Waals surface area (Å²) in [6, 6.07) is 10.6. The van der Waals surface area contributed by atoms with Gasteiger partial charge in [0.05, 0.1) is 23.9 Å². The Balaban J connectivity index is 2.13. The maximum Gasteiger partial charge on any atom is 0.341 e. The fourth-order valence-electron chi connectivity index (χ4n) is 2.39. The Bertz CT molecular complexity index is 777. The third-order valence-electron chi connectivity index (χ3n) is 3.46. The zero-order valence-electron chi connectivity index (χ0n) is 11.6. The fraction of sp³-hybridized carbons (Fsp3) is 0.0625. The van der Waals surface area contributed by atoms with Crippen molar-refractivity contribution < 1.29 is 24.2 Å². The largest absolute Gasteiger partial charge is 0.505 e. The Morgan fingerprint density at radius 2 is 1.59 bits per heavy atom. The summed E-state index contributed by atoms with van der Waals surface area (Å²) in [5.74, 6) is -2.31. The van der Waals surface area contributed by atoms with E-state index in [1.807, 2.05) is 0 Å². The lowest BCUT2D eigenvalue weighted by Crippen LogP contribution is -2.29. The number of hydrogen-bond acceptors (Lipinski definition) is 5. The summed E-state index contributed by atoms with van der Waals surface area (Å²) < 4.78 is 4.56. The van der Waals surface area contributed by atoms with Gasteiger partial charge in [-0.3, -0.25) is 9.59 Å². The van der Waals surface area contributed by atoms with Crippen molar-refractivity contribution in [3.63, 3.8) is 0 Å². The van der Waals surface area contributed by atoms with Crippen LogP contribution >= 0.6 is 0 Å². The minimum absolute atomic E-state index is 0.0471. The second-order valence-electron chi connectivity index (χ2n) is 4.66. The van der Waals surface area contributed by atoms with Crippen LogP contribution in [0.3, 0.4) is 0 Å². The van der Waals surface area contributed by atoms with Crippen LogP contribution in [0.25, 0.3) is 0 Å². The first kappa shape index (κ1) is 13.8. The molecule has 0 saturated carbocycles. The zero-order valence-corrected chi connectivity index (χ0v) is 11.6. The number of phenols is 1. The third kappa shape index (κ3) is 1.85. The highest BCUT2D eigenvalue weighted by molar-refractivity contribution is 6.35. The van der Waals surface area contributed by atoms with Crippen molar-refractivity contribution in [1.82, 2.24) is 0 Å². The van der Waals surface area contributed by atoms with Gasteiger partial charge in [-0.1, -0.05) is 18.2 Å². The molecule has 1 N–H and O–H groups in total. The number of rotatable bonds is 2. The Hall–Kier alpha value is -3.15. The summed E-state index contributed by atoms with van der Waals surface area (Å²) in [6.07, 6.45) is 0. The van der Waals surface area contributed by atoms with E-state index in [-0.39, 0.29) is 22.4 Å². The van der Waals surface area contributed by atoms with Crippen molar-refractivity contribution in [3.05, 3.63) is 59.2 Å². The summed E-state index contributed by atoms with van der Waals surface area (Å²) in [5, 5.41) is 10.2.